The number of aryl methyl sites for hydroxylation is 2. The molecule has 1 aromatic carbocycles. The number of carboxylic acid groups (broad SMARTS) is 1. The Labute approximate surface area is 145 Å². The molecule has 0 aliphatic carbocycles. The second kappa shape index (κ2) is 6.33. The van der Waals surface area contributed by atoms with E-state index in [0.717, 1.165) is 17.1 Å². The Morgan fingerprint density at radius 3 is 2.20 bits per heavy atom. The van der Waals surface area contributed by atoms with Crippen molar-refractivity contribution in [3.63, 3.8) is 0 Å². The molecule has 1 fully saturated rings. The molecular formula is C18H21N3O4. The number of nitrogens with zero attached hydrogens (tertiary/aromatic N) is 3. The van der Waals surface area contributed by atoms with Gasteiger partial charge >= 0.3 is 5.97 Å². The Balaban J connectivity index is 1.72. The minimum atomic E-state index is -1.73. The van der Waals surface area contributed by atoms with Crippen LogP contribution in [0.15, 0.2) is 30.3 Å². The van der Waals surface area contributed by atoms with E-state index in [1.165, 1.54) is 0 Å². The Morgan fingerprint density at radius 2 is 1.72 bits per heavy atom. The Morgan fingerprint density at radius 1 is 1.12 bits per heavy atom. The summed E-state index contributed by atoms with van der Waals surface area (Å²) in [4.78, 5) is 25.2. The fourth-order valence-corrected chi connectivity index (χ4v) is 3.11. The number of carbonyl (C=O) groups excluding carboxylic acids is 1. The van der Waals surface area contributed by atoms with Crippen molar-refractivity contribution in [1.29, 1.82) is 0 Å². The highest BCUT2D eigenvalue weighted by molar-refractivity contribution is 5.94. The lowest BCUT2D eigenvalue weighted by Gasteiger charge is -2.35. The van der Waals surface area contributed by atoms with Gasteiger partial charge in [-0.15, -0.1) is 0 Å². The average molecular weight is 343 g/mol. The number of carboxylic acids is 1. The molecule has 1 amide bonds. The van der Waals surface area contributed by atoms with Crippen molar-refractivity contribution in [3.8, 4) is 5.69 Å². The summed E-state index contributed by atoms with van der Waals surface area (Å²) in [6, 6.07) is 9.14. The van der Waals surface area contributed by atoms with E-state index in [1.54, 1.807) is 17.0 Å². The monoisotopic (exact) mass is 343 g/mol. The maximum atomic E-state index is 12.6. The predicted octanol–water partition coefficient (Wildman–Crippen LogP) is 1.54. The first-order valence-corrected chi connectivity index (χ1v) is 8.19. The molecule has 7 heteroatoms. The van der Waals surface area contributed by atoms with E-state index >= 15 is 0 Å². The van der Waals surface area contributed by atoms with Gasteiger partial charge in [0, 0.05) is 37.2 Å². The van der Waals surface area contributed by atoms with E-state index in [0.29, 0.717) is 5.56 Å². The third kappa shape index (κ3) is 3.28. The molecule has 3 rings (SSSR count). The number of likely N-dealkylation sites (tertiary alicyclic amines) is 1. The highest BCUT2D eigenvalue weighted by Gasteiger charge is 2.40. The van der Waals surface area contributed by atoms with Crippen molar-refractivity contribution in [1.82, 2.24) is 14.7 Å². The Kier molecular flexibility index (Phi) is 4.34. The first-order chi connectivity index (χ1) is 11.8. The summed E-state index contributed by atoms with van der Waals surface area (Å²) < 4.78 is 1.82. The van der Waals surface area contributed by atoms with Crippen LogP contribution in [0.25, 0.3) is 5.69 Å². The molecule has 2 N–H and O–H groups in total. The molecule has 7 nitrogen and oxygen atoms in total. The van der Waals surface area contributed by atoms with Crippen LogP contribution in [-0.4, -0.2) is 55.5 Å². The summed E-state index contributed by atoms with van der Waals surface area (Å²) in [5, 5.41) is 23.4. The summed E-state index contributed by atoms with van der Waals surface area (Å²) >= 11 is 0. The number of hydrogen-bond donors (Lipinski definition) is 2. The summed E-state index contributed by atoms with van der Waals surface area (Å²) in [6.45, 7) is 4.34. The van der Waals surface area contributed by atoms with Gasteiger partial charge in [-0.3, -0.25) is 4.79 Å². The number of aliphatic carboxylic acids is 1. The fourth-order valence-electron chi connectivity index (χ4n) is 3.11. The van der Waals surface area contributed by atoms with Crippen LogP contribution in [0.3, 0.4) is 0 Å². The molecule has 1 aromatic heterocycles. The van der Waals surface area contributed by atoms with Crippen molar-refractivity contribution in [2.45, 2.75) is 32.3 Å². The lowest BCUT2D eigenvalue weighted by molar-refractivity contribution is -0.162. The number of amides is 1. The second-order valence-corrected chi connectivity index (χ2v) is 6.51. The maximum absolute atomic E-state index is 12.6. The molecule has 1 aliphatic heterocycles. The fraction of sp³-hybridized carbons (Fsp3) is 0.389. The molecule has 0 bridgehead atoms. The van der Waals surface area contributed by atoms with Gasteiger partial charge in [-0.05, 0) is 44.2 Å². The maximum Gasteiger partial charge on any atom is 0.335 e. The summed E-state index contributed by atoms with van der Waals surface area (Å²) in [5.74, 6) is -1.39. The average Bonchev–Trinajstić information content (AvgIpc) is 2.93. The van der Waals surface area contributed by atoms with Crippen molar-refractivity contribution in [2.75, 3.05) is 13.1 Å². The van der Waals surface area contributed by atoms with E-state index in [-0.39, 0.29) is 31.8 Å². The molecular weight excluding hydrogens is 322 g/mol. The third-order valence-corrected chi connectivity index (χ3v) is 4.64. The topological polar surface area (TPSA) is 95.7 Å². The van der Waals surface area contributed by atoms with Gasteiger partial charge in [0.15, 0.2) is 5.60 Å². The van der Waals surface area contributed by atoms with Crippen LogP contribution in [0.4, 0.5) is 0 Å². The van der Waals surface area contributed by atoms with Gasteiger partial charge in [0.1, 0.15) is 0 Å². The summed E-state index contributed by atoms with van der Waals surface area (Å²) in [6.07, 6.45) is 0.0792. The van der Waals surface area contributed by atoms with Crippen LogP contribution in [-0.2, 0) is 4.79 Å². The summed E-state index contributed by atoms with van der Waals surface area (Å²) in [7, 11) is 0. The van der Waals surface area contributed by atoms with Crippen LogP contribution in [0.1, 0.15) is 34.6 Å². The van der Waals surface area contributed by atoms with Gasteiger partial charge in [0.25, 0.3) is 5.91 Å². The molecule has 0 radical (unpaired) electrons. The van der Waals surface area contributed by atoms with Gasteiger partial charge in [0.2, 0.25) is 0 Å². The molecule has 0 unspecified atom stereocenters. The Hall–Kier alpha value is -2.67. The molecule has 25 heavy (non-hydrogen) atoms. The van der Waals surface area contributed by atoms with E-state index in [1.807, 2.05) is 36.7 Å². The normalized spacial score (nSPS) is 16.7. The third-order valence-electron chi connectivity index (χ3n) is 4.64. The quantitative estimate of drug-likeness (QED) is 0.881. The standard InChI is InChI=1S/C18H21N3O4/c1-12-11-13(2)21(19-12)15-5-3-14(4-6-15)16(22)20-9-7-18(25,8-10-20)17(23)24/h3-6,11,25H,7-10H2,1-2H3,(H,23,24). The van der Waals surface area contributed by atoms with Crippen LogP contribution in [0.2, 0.25) is 0 Å². The zero-order valence-electron chi connectivity index (χ0n) is 14.3. The Bertz CT molecular complexity index is 802. The molecule has 1 aliphatic rings. The number of rotatable bonds is 3. The smallest absolute Gasteiger partial charge is 0.335 e. The van der Waals surface area contributed by atoms with Gasteiger partial charge < -0.3 is 15.1 Å². The zero-order valence-corrected chi connectivity index (χ0v) is 14.3. The molecule has 0 spiro atoms. The number of aliphatic hydroxyl groups is 1. The van der Waals surface area contributed by atoms with Crippen molar-refractivity contribution < 1.29 is 19.8 Å². The molecule has 2 heterocycles. The largest absolute Gasteiger partial charge is 0.479 e. The number of carbonyl (C=O) groups is 2. The molecule has 1 saturated heterocycles. The van der Waals surface area contributed by atoms with E-state index in [4.69, 9.17) is 5.11 Å². The number of piperidine rings is 1. The van der Waals surface area contributed by atoms with Gasteiger partial charge in [-0.1, -0.05) is 0 Å². The van der Waals surface area contributed by atoms with E-state index in [2.05, 4.69) is 5.10 Å². The zero-order chi connectivity index (χ0) is 18.2. The first kappa shape index (κ1) is 17.2. The van der Waals surface area contributed by atoms with Crippen molar-refractivity contribution in [3.05, 3.63) is 47.3 Å². The van der Waals surface area contributed by atoms with Gasteiger partial charge in [-0.2, -0.15) is 5.10 Å². The molecule has 132 valence electrons. The van der Waals surface area contributed by atoms with Crippen LogP contribution < -0.4 is 0 Å². The van der Waals surface area contributed by atoms with E-state index < -0.39 is 11.6 Å². The van der Waals surface area contributed by atoms with Gasteiger partial charge in [0.05, 0.1) is 11.4 Å². The number of hydrogen-bond acceptors (Lipinski definition) is 4. The minimum absolute atomic E-state index is 0.0396. The van der Waals surface area contributed by atoms with Gasteiger partial charge in [-0.25, -0.2) is 9.48 Å². The van der Waals surface area contributed by atoms with Crippen LogP contribution >= 0.6 is 0 Å². The molecule has 0 atom stereocenters. The summed E-state index contributed by atoms with van der Waals surface area (Å²) in [5.41, 5.74) is 1.63. The number of aromatic nitrogens is 2. The predicted molar refractivity (Wildman–Crippen MR) is 90.8 cm³/mol. The highest BCUT2D eigenvalue weighted by Crippen LogP contribution is 2.24. The molecule has 2 aromatic rings. The number of benzene rings is 1. The highest BCUT2D eigenvalue weighted by atomic mass is 16.4. The lowest BCUT2D eigenvalue weighted by atomic mass is 9.91. The first-order valence-electron chi connectivity index (χ1n) is 8.19. The van der Waals surface area contributed by atoms with Crippen molar-refractivity contribution >= 4 is 11.9 Å². The second-order valence-electron chi connectivity index (χ2n) is 6.51. The SMILES string of the molecule is Cc1cc(C)n(-c2ccc(C(=O)N3CCC(O)(C(=O)O)CC3)cc2)n1. The van der Waals surface area contributed by atoms with Crippen molar-refractivity contribution in [2.24, 2.45) is 0 Å². The van der Waals surface area contributed by atoms with Crippen LogP contribution in [0, 0.1) is 13.8 Å². The van der Waals surface area contributed by atoms with Crippen LogP contribution in [0.5, 0.6) is 0 Å². The minimum Gasteiger partial charge on any atom is -0.479 e. The molecule has 0 saturated carbocycles. The lowest BCUT2D eigenvalue weighted by Crippen LogP contribution is -2.50. The van der Waals surface area contributed by atoms with E-state index in [9.17, 15) is 14.7 Å².